The Hall–Kier alpha value is -2.43. The summed E-state index contributed by atoms with van der Waals surface area (Å²) in [5, 5.41) is 0.864. The maximum absolute atomic E-state index is 5.87. The summed E-state index contributed by atoms with van der Waals surface area (Å²) >= 11 is 0. The molecule has 0 unspecified atom stereocenters. The number of hydrogen-bond donors (Lipinski definition) is 2. The summed E-state index contributed by atoms with van der Waals surface area (Å²) in [5.74, 6) is 1.23. The van der Waals surface area contributed by atoms with Crippen molar-refractivity contribution in [2.24, 2.45) is 0 Å². The average Bonchev–Trinajstić information content (AvgIpc) is 2.79. The molecule has 0 amide bonds. The molecular formula is C12H11N5. The van der Waals surface area contributed by atoms with Crippen molar-refractivity contribution in [2.75, 3.05) is 5.73 Å². The van der Waals surface area contributed by atoms with Gasteiger partial charge in [0.15, 0.2) is 0 Å². The van der Waals surface area contributed by atoms with E-state index in [9.17, 15) is 0 Å². The van der Waals surface area contributed by atoms with E-state index in [-0.39, 0.29) is 0 Å². The summed E-state index contributed by atoms with van der Waals surface area (Å²) < 4.78 is 0. The van der Waals surface area contributed by atoms with E-state index in [1.807, 2.05) is 24.4 Å². The Labute approximate surface area is 97.7 Å². The molecule has 5 heteroatoms. The fourth-order valence-electron chi connectivity index (χ4n) is 1.78. The largest absolute Gasteiger partial charge is 0.383 e. The first-order valence-electron chi connectivity index (χ1n) is 5.31. The summed E-state index contributed by atoms with van der Waals surface area (Å²) in [4.78, 5) is 15.7. The number of fused-ring (bicyclic) bond motifs is 1. The van der Waals surface area contributed by atoms with Crippen LogP contribution >= 0.6 is 0 Å². The quantitative estimate of drug-likeness (QED) is 0.693. The molecule has 84 valence electrons. The Morgan fingerprint density at radius 2 is 1.94 bits per heavy atom. The zero-order valence-corrected chi connectivity index (χ0v) is 9.09. The summed E-state index contributed by atoms with van der Waals surface area (Å²) in [6.07, 6.45) is 5.98. The molecule has 3 aromatic rings. The Morgan fingerprint density at radius 1 is 1.12 bits per heavy atom. The van der Waals surface area contributed by atoms with Crippen molar-refractivity contribution in [2.45, 2.75) is 6.42 Å². The van der Waals surface area contributed by atoms with E-state index in [4.69, 9.17) is 5.73 Å². The second kappa shape index (κ2) is 3.86. The monoisotopic (exact) mass is 225 g/mol. The third-order valence-corrected chi connectivity index (χ3v) is 2.60. The average molecular weight is 225 g/mol. The molecule has 0 fully saturated rings. The lowest BCUT2D eigenvalue weighted by Crippen LogP contribution is -2.01. The number of nitrogens with zero attached hydrogens (tertiary/aromatic N) is 3. The van der Waals surface area contributed by atoms with Crippen LogP contribution in [0.5, 0.6) is 0 Å². The summed E-state index contributed by atoms with van der Waals surface area (Å²) in [5.41, 5.74) is 7.77. The minimum Gasteiger partial charge on any atom is -0.383 e. The minimum atomic E-state index is 0.514. The van der Waals surface area contributed by atoms with Gasteiger partial charge < -0.3 is 10.7 Å². The first-order chi connectivity index (χ1) is 8.33. The van der Waals surface area contributed by atoms with Gasteiger partial charge in [0.25, 0.3) is 0 Å². The Morgan fingerprint density at radius 3 is 2.76 bits per heavy atom. The number of nitrogens with two attached hydrogens (primary N) is 1. The predicted molar refractivity (Wildman–Crippen MR) is 65.3 cm³/mol. The molecule has 0 bridgehead atoms. The standard InChI is InChI=1S/C12H11N5/c13-11-9-3-6-15-12(9)17-10(16-11)7-8-1-4-14-5-2-8/h1-6H,7H2,(H3,13,15,16,17). The van der Waals surface area contributed by atoms with Crippen LogP contribution in [0.1, 0.15) is 11.4 Å². The third kappa shape index (κ3) is 1.82. The van der Waals surface area contributed by atoms with Gasteiger partial charge in [-0.2, -0.15) is 0 Å². The lowest BCUT2D eigenvalue weighted by atomic mass is 10.2. The molecule has 0 aromatic carbocycles. The first kappa shape index (κ1) is 9.77. The lowest BCUT2D eigenvalue weighted by Gasteiger charge is -2.02. The van der Waals surface area contributed by atoms with Crippen molar-refractivity contribution in [3.63, 3.8) is 0 Å². The van der Waals surface area contributed by atoms with Crippen LogP contribution < -0.4 is 5.73 Å². The third-order valence-electron chi connectivity index (χ3n) is 2.60. The molecule has 17 heavy (non-hydrogen) atoms. The number of rotatable bonds is 2. The summed E-state index contributed by atoms with van der Waals surface area (Å²) in [7, 11) is 0. The molecule has 5 nitrogen and oxygen atoms in total. The maximum Gasteiger partial charge on any atom is 0.143 e. The predicted octanol–water partition coefficient (Wildman–Crippen LogP) is 1.53. The molecule has 0 spiro atoms. The van der Waals surface area contributed by atoms with E-state index >= 15 is 0 Å². The molecule has 3 heterocycles. The highest BCUT2D eigenvalue weighted by molar-refractivity contribution is 5.85. The summed E-state index contributed by atoms with van der Waals surface area (Å²) in [6.45, 7) is 0. The topological polar surface area (TPSA) is 80.5 Å². The summed E-state index contributed by atoms with van der Waals surface area (Å²) in [6, 6.07) is 5.76. The number of H-pyrrole nitrogens is 1. The fraction of sp³-hybridized carbons (Fsp3) is 0.0833. The van der Waals surface area contributed by atoms with Crippen molar-refractivity contribution in [1.82, 2.24) is 19.9 Å². The van der Waals surface area contributed by atoms with Crippen molar-refractivity contribution in [3.8, 4) is 0 Å². The SMILES string of the molecule is Nc1nc(Cc2ccncc2)nc2[nH]ccc12. The Balaban J connectivity index is 2.01. The maximum atomic E-state index is 5.87. The van der Waals surface area contributed by atoms with Gasteiger partial charge in [0.05, 0.1) is 5.39 Å². The van der Waals surface area contributed by atoms with E-state index in [0.29, 0.717) is 18.1 Å². The number of nitrogen functional groups attached to an aromatic ring is 1. The number of hydrogen-bond acceptors (Lipinski definition) is 4. The van der Waals surface area contributed by atoms with Gasteiger partial charge in [-0.15, -0.1) is 0 Å². The number of nitrogens with one attached hydrogen (secondary N) is 1. The van der Waals surface area contributed by atoms with Gasteiger partial charge in [0.2, 0.25) is 0 Å². The van der Waals surface area contributed by atoms with Gasteiger partial charge in [-0.3, -0.25) is 4.98 Å². The molecule has 0 atom stereocenters. The van der Waals surface area contributed by atoms with Crippen molar-refractivity contribution in [3.05, 3.63) is 48.2 Å². The van der Waals surface area contributed by atoms with Gasteiger partial charge in [0, 0.05) is 25.0 Å². The molecule has 3 aromatic heterocycles. The van der Waals surface area contributed by atoms with E-state index in [1.54, 1.807) is 12.4 Å². The fourth-order valence-corrected chi connectivity index (χ4v) is 1.78. The van der Waals surface area contributed by atoms with Gasteiger partial charge in [0.1, 0.15) is 17.3 Å². The van der Waals surface area contributed by atoms with E-state index < -0.39 is 0 Å². The number of aromatic nitrogens is 4. The first-order valence-corrected chi connectivity index (χ1v) is 5.31. The smallest absolute Gasteiger partial charge is 0.143 e. The highest BCUT2D eigenvalue weighted by Crippen LogP contribution is 2.17. The van der Waals surface area contributed by atoms with E-state index in [0.717, 1.165) is 16.6 Å². The molecule has 0 saturated heterocycles. The van der Waals surface area contributed by atoms with Crippen molar-refractivity contribution >= 4 is 16.9 Å². The Bertz CT molecular complexity index is 644. The Kier molecular flexibility index (Phi) is 2.22. The van der Waals surface area contributed by atoms with Gasteiger partial charge in [-0.1, -0.05) is 0 Å². The zero-order valence-electron chi connectivity index (χ0n) is 9.09. The molecule has 0 aliphatic rings. The van der Waals surface area contributed by atoms with Gasteiger partial charge in [-0.05, 0) is 23.8 Å². The zero-order chi connectivity index (χ0) is 11.7. The van der Waals surface area contributed by atoms with Crippen molar-refractivity contribution in [1.29, 1.82) is 0 Å². The normalized spacial score (nSPS) is 10.8. The molecule has 3 rings (SSSR count). The van der Waals surface area contributed by atoms with Crippen LogP contribution in [0.4, 0.5) is 5.82 Å². The van der Waals surface area contributed by atoms with Crippen LogP contribution in [0.2, 0.25) is 0 Å². The number of anilines is 1. The van der Waals surface area contributed by atoms with Crippen molar-refractivity contribution < 1.29 is 0 Å². The van der Waals surface area contributed by atoms with E-state index in [2.05, 4.69) is 19.9 Å². The lowest BCUT2D eigenvalue weighted by molar-refractivity contribution is 0.988. The van der Waals surface area contributed by atoms with Gasteiger partial charge >= 0.3 is 0 Å². The molecule has 0 aliphatic heterocycles. The van der Waals surface area contributed by atoms with E-state index in [1.165, 1.54) is 0 Å². The molecular weight excluding hydrogens is 214 g/mol. The minimum absolute atomic E-state index is 0.514. The highest BCUT2D eigenvalue weighted by Gasteiger charge is 2.06. The highest BCUT2D eigenvalue weighted by atomic mass is 15.0. The van der Waals surface area contributed by atoms with Gasteiger partial charge in [-0.25, -0.2) is 9.97 Å². The molecule has 0 radical (unpaired) electrons. The molecule has 3 N–H and O–H groups in total. The van der Waals surface area contributed by atoms with Crippen LogP contribution in [0, 0.1) is 0 Å². The van der Waals surface area contributed by atoms with Crippen LogP contribution in [0.15, 0.2) is 36.8 Å². The number of pyridine rings is 1. The second-order valence-electron chi connectivity index (χ2n) is 3.80. The van der Waals surface area contributed by atoms with Crippen LogP contribution in [0.25, 0.3) is 11.0 Å². The van der Waals surface area contributed by atoms with Crippen LogP contribution in [0.3, 0.4) is 0 Å². The molecule has 0 aliphatic carbocycles. The number of aromatic amines is 1. The van der Waals surface area contributed by atoms with Crippen LogP contribution in [-0.2, 0) is 6.42 Å². The second-order valence-corrected chi connectivity index (χ2v) is 3.80. The molecule has 0 saturated carbocycles. The van der Waals surface area contributed by atoms with Crippen LogP contribution in [-0.4, -0.2) is 19.9 Å².